The van der Waals surface area contributed by atoms with Crippen LogP contribution in [0, 0.1) is 5.82 Å². The smallest absolute Gasteiger partial charge is 0.379 e. The lowest BCUT2D eigenvalue weighted by molar-refractivity contribution is -0.137. The lowest BCUT2D eigenvalue weighted by Crippen LogP contribution is -2.19. The summed E-state index contributed by atoms with van der Waals surface area (Å²) in [5, 5.41) is 0. The van der Waals surface area contributed by atoms with Gasteiger partial charge in [-0.25, -0.2) is 9.18 Å². The first kappa shape index (κ1) is 14.2. The fourth-order valence-corrected chi connectivity index (χ4v) is 2.55. The van der Waals surface area contributed by atoms with Crippen molar-refractivity contribution in [2.45, 2.75) is 11.8 Å². The van der Waals surface area contributed by atoms with Crippen LogP contribution >= 0.6 is 27.7 Å². The van der Waals surface area contributed by atoms with E-state index in [4.69, 9.17) is 0 Å². The van der Waals surface area contributed by atoms with Crippen LogP contribution in [-0.2, 0) is 9.53 Å². The lowest BCUT2D eigenvalue weighted by Gasteiger charge is -2.07. The number of benzene rings is 1. The molecule has 1 aromatic carbocycles. The Morgan fingerprint density at radius 2 is 2.12 bits per heavy atom. The first-order chi connectivity index (χ1) is 8.02. The molecule has 0 saturated heterocycles. The van der Waals surface area contributed by atoms with Crippen LogP contribution in [0.3, 0.4) is 0 Å². The average Bonchev–Trinajstić information content (AvgIpc) is 2.29. The Morgan fingerprint density at radius 1 is 1.47 bits per heavy atom. The van der Waals surface area contributed by atoms with Gasteiger partial charge in [-0.15, -0.1) is 11.8 Å². The van der Waals surface area contributed by atoms with Crippen LogP contribution in [0.1, 0.15) is 17.3 Å². The maximum absolute atomic E-state index is 13.9. The molecule has 0 aliphatic heterocycles. The Bertz CT molecular complexity index is 462. The van der Waals surface area contributed by atoms with Crippen LogP contribution in [0.15, 0.2) is 21.5 Å². The Labute approximate surface area is 111 Å². The summed E-state index contributed by atoms with van der Waals surface area (Å²) in [5.41, 5.74) is -0.268. The molecular formula is C11H10BrFO3S. The van der Waals surface area contributed by atoms with Gasteiger partial charge in [0.15, 0.2) is 0 Å². The molecule has 0 N–H and O–H groups in total. The zero-order valence-corrected chi connectivity index (χ0v) is 11.7. The van der Waals surface area contributed by atoms with E-state index in [1.807, 2.05) is 0 Å². The number of Topliss-reactive ketones (excluding diaryl/α,β-unsaturated/α-hetero) is 1. The van der Waals surface area contributed by atoms with Gasteiger partial charge in [0.1, 0.15) is 5.82 Å². The van der Waals surface area contributed by atoms with Crippen molar-refractivity contribution in [2.24, 2.45) is 0 Å². The highest BCUT2D eigenvalue weighted by atomic mass is 79.9. The van der Waals surface area contributed by atoms with E-state index in [0.29, 0.717) is 9.37 Å². The number of thioether (sulfide) groups is 1. The second-order valence-corrected chi connectivity index (χ2v) is 4.66. The number of ketones is 1. The number of hydrogen-bond donors (Lipinski definition) is 0. The number of ether oxygens (including phenoxy) is 1. The van der Waals surface area contributed by atoms with E-state index in [1.54, 1.807) is 13.2 Å². The van der Waals surface area contributed by atoms with Crippen molar-refractivity contribution in [1.82, 2.24) is 0 Å². The van der Waals surface area contributed by atoms with E-state index >= 15 is 0 Å². The van der Waals surface area contributed by atoms with Crippen LogP contribution in [0.25, 0.3) is 0 Å². The van der Waals surface area contributed by atoms with Gasteiger partial charge in [0.05, 0.1) is 17.1 Å². The van der Waals surface area contributed by atoms with E-state index in [-0.39, 0.29) is 12.2 Å². The average molecular weight is 321 g/mol. The highest BCUT2D eigenvalue weighted by Gasteiger charge is 2.23. The number of rotatable bonds is 4. The molecule has 0 radical (unpaired) electrons. The van der Waals surface area contributed by atoms with E-state index in [1.165, 1.54) is 12.1 Å². The Balaban J connectivity index is 3.15. The van der Waals surface area contributed by atoms with Gasteiger partial charge >= 0.3 is 5.97 Å². The summed E-state index contributed by atoms with van der Waals surface area (Å²) >= 11 is 4.32. The van der Waals surface area contributed by atoms with Crippen molar-refractivity contribution in [2.75, 3.05) is 12.9 Å². The molecule has 1 aromatic rings. The molecule has 0 spiro atoms. The molecule has 0 fully saturated rings. The van der Waals surface area contributed by atoms with Crippen molar-refractivity contribution >= 4 is 39.4 Å². The predicted molar refractivity (Wildman–Crippen MR) is 66.8 cm³/mol. The third kappa shape index (κ3) is 3.07. The summed E-state index contributed by atoms with van der Waals surface area (Å²) in [5.74, 6) is -2.71. The van der Waals surface area contributed by atoms with Gasteiger partial charge in [0.25, 0.3) is 5.78 Å². The monoisotopic (exact) mass is 320 g/mol. The molecule has 0 aliphatic rings. The quantitative estimate of drug-likeness (QED) is 0.370. The second kappa shape index (κ2) is 6.16. The maximum atomic E-state index is 13.9. The third-order valence-electron chi connectivity index (χ3n) is 1.96. The number of halogens is 2. The van der Waals surface area contributed by atoms with Crippen LogP contribution in [0.4, 0.5) is 4.39 Å². The van der Waals surface area contributed by atoms with E-state index < -0.39 is 17.6 Å². The van der Waals surface area contributed by atoms with Gasteiger partial charge in [0.2, 0.25) is 0 Å². The molecular weight excluding hydrogens is 311 g/mol. The van der Waals surface area contributed by atoms with Gasteiger partial charge in [-0.1, -0.05) is 0 Å². The number of esters is 1. The fraction of sp³-hybridized carbons (Fsp3) is 0.273. The van der Waals surface area contributed by atoms with E-state index in [9.17, 15) is 14.0 Å². The molecule has 0 aliphatic carbocycles. The molecule has 3 nitrogen and oxygen atoms in total. The van der Waals surface area contributed by atoms with E-state index in [2.05, 4.69) is 20.7 Å². The van der Waals surface area contributed by atoms with Gasteiger partial charge in [-0.2, -0.15) is 0 Å². The minimum atomic E-state index is -1.04. The molecule has 17 heavy (non-hydrogen) atoms. The predicted octanol–water partition coefficient (Wildman–Crippen LogP) is 3.06. The van der Waals surface area contributed by atoms with Crippen LogP contribution in [-0.4, -0.2) is 24.6 Å². The first-order valence-electron chi connectivity index (χ1n) is 4.76. The summed E-state index contributed by atoms with van der Waals surface area (Å²) in [6, 6.07) is 2.79. The Kier molecular flexibility index (Phi) is 5.14. The molecule has 0 saturated carbocycles. The molecule has 6 heteroatoms. The largest absolute Gasteiger partial charge is 0.460 e. The molecule has 0 amide bonds. The zero-order chi connectivity index (χ0) is 13.0. The molecule has 0 atom stereocenters. The standard InChI is InChI=1S/C11H10BrFO3S/c1-3-16-11(15)9(14)6-4-5-7(12)10(17-2)8(6)13/h4-5H,3H2,1-2H3. The summed E-state index contributed by atoms with van der Waals surface area (Å²) < 4.78 is 19.0. The van der Waals surface area contributed by atoms with Crippen molar-refractivity contribution < 1.29 is 18.7 Å². The van der Waals surface area contributed by atoms with Crippen LogP contribution < -0.4 is 0 Å². The van der Waals surface area contributed by atoms with Crippen LogP contribution in [0.5, 0.6) is 0 Å². The molecule has 0 unspecified atom stereocenters. The Morgan fingerprint density at radius 3 is 2.65 bits per heavy atom. The molecule has 92 valence electrons. The summed E-state index contributed by atoms with van der Waals surface area (Å²) in [6.45, 7) is 1.66. The van der Waals surface area contributed by atoms with Gasteiger partial charge < -0.3 is 4.74 Å². The minimum absolute atomic E-state index is 0.0815. The molecule has 0 aromatic heterocycles. The van der Waals surface area contributed by atoms with Crippen molar-refractivity contribution in [3.8, 4) is 0 Å². The molecule has 0 heterocycles. The maximum Gasteiger partial charge on any atom is 0.379 e. The fourth-order valence-electron chi connectivity index (χ4n) is 1.20. The summed E-state index contributed by atoms with van der Waals surface area (Å²) in [6.07, 6.45) is 1.68. The summed E-state index contributed by atoms with van der Waals surface area (Å²) in [7, 11) is 0. The normalized spacial score (nSPS) is 10.1. The molecule has 0 bridgehead atoms. The minimum Gasteiger partial charge on any atom is -0.460 e. The SMILES string of the molecule is CCOC(=O)C(=O)c1ccc(Br)c(SC)c1F. The number of hydrogen-bond acceptors (Lipinski definition) is 4. The van der Waals surface area contributed by atoms with Crippen molar-refractivity contribution in [3.05, 3.63) is 28.0 Å². The zero-order valence-electron chi connectivity index (χ0n) is 9.25. The summed E-state index contributed by atoms with van der Waals surface area (Å²) in [4.78, 5) is 23.1. The van der Waals surface area contributed by atoms with Gasteiger partial charge in [0, 0.05) is 4.47 Å². The number of carbonyl (C=O) groups is 2. The topological polar surface area (TPSA) is 43.4 Å². The van der Waals surface area contributed by atoms with E-state index in [0.717, 1.165) is 11.8 Å². The van der Waals surface area contributed by atoms with Gasteiger partial charge in [-0.3, -0.25) is 4.79 Å². The van der Waals surface area contributed by atoms with Gasteiger partial charge in [-0.05, 0) is 41.2 Å². The second-order valence-electron chi connectivity index (χ2n) is 2.99. The first-order valence-corrected chi connectivity index (χ1v) is 6.78. The van der Waals surface area contributed by atoms with Crippen molar-refractivity contribution in [3.63, 3.8) is 0 Å². The number of carbonyl (C=O) groups excluding carboxylic acids is 2. The highest BCUT2D eigenvalue weighted by Crippen LogP contribution is 2.30. The molecule has 1 rings (SSSR count). The van der Waals surface area contributed by atoms with Crippen molar-refractivity contribution in [1.29, 1.82) is 0 Å². The third-order valence-corrected chi connectivity index (χ3v) is 3.69. The van der Waals surface area contributed by atoms with Crippen LogP contribution in [0.2, 0.25) is 0 Å². The lowest BCUT2D eigenvalue weighted by atomic mass is 10.1. The Hall–Kier alpha value is -0.880. The highest BCUT2D eigenvalue weighted by molar-refractivity contribution is 9.10.